The molecular weight excluding hydrogens is 365 g/mol. The predicted molar refractivity (Wildman–Crippen MR) is 89.0 cm³/mol. The zero-order valence-electron chi connectivity index (χ0n) is 11.3. The lowest BCUT2D eigenvalue weighted by Gasteiger charge is -2.32. The maximum atomic E-state index is 12.3. The van der Waals surface area contributed by atoms with E-state index in [2.05, 4.69) is 26.2 Å². The molecule has 1 unspecified atom stereocenters. The van der Waals surface area contributed by atoms with E-state index in [1.807, 2.05) is 18.0 Å². The van der Waals surface area contributed by atoms with Gasteiger partial charge in [-0.3, -0.25) is 9.78 Å². The summed E-state index contributed by atoms with van der Waals surface area (Å²) in [5.41, 5.74) is 0.662. The van der Waals surface area contributed by atoms with Gasteiger partial charge < -0.3 is 10.2 Å². The van der Waals surface area contributed by atoms with Crippen molar-refractivity contribution >= 4 is 46.7 Å². The molecule has 7 heteroatoms. The first kappa shape index (κ1) is 19.6. The van der Waals surface area contributed by atoms with Crippen molar-refractivity contribution in [3.05, 3.63) is 28.5 Å². The SMILES string of the molecule is CNCC1CCCN(C(=O)c2cncc(Br)c2)C1.Cl.Cl. The maximum absolute atomic E-state index is 12.3. The summed E-state index contributed by atoms with van der Waals surface area (Å²) < 4.78 is 0.845. The zero-order chi connectivity index (χ0) is 13.0. The maximum Gasteiger partial charge on any atom is 0.255 e. The number of halogens is 3. The van der Waals surface area contributed by atoms with E-state index in [0.717, 1.165) is 30.5 Å². The van der Waals surface area contributed by atoms with Gasteiger partial charge in [-0.25, -0.2) is 0 Å². The van der Waals surface area contributed by atoms with Gasteiger partial charge in [0.05, 0.1) is 5.56 Å². The molecule has 2 rings (SSSR count). The van der Waals surface area contributed by atoms with E-state index < -0.39 is 0 Å². The Kier molecular flexibility index (Phi) is 9.38. The lowest BCUT2D eigenvalue weighted by molar-refractivity contribution is 0.0674. The zero-order valence-corrected chi connectivity index (χ0v) is 14.6. The van der Waals surface area contributed by atoms with Crippen LogP contribution in [0.3, 0.4) is 0 Å². The molecule has 1 N–H and O–H groups in total. The van der Waals surface area contributed by atoms with Crippen LogP contribution in [0.15, 0.2) is 22.9 Å². The average Bonchev–Trinajstić information content (AvgIpc) is 2.39. The number of aromatic nitrogens is 1. The van der Waals surface area contributed by atoms with Crippen molar-refractivity contribution in [3.63, 3.8) is 0 Å². The largest absolute Gasteiger partial charge is 0.338 e. The number of likely N-dealkylation sites (tertiary alicyclic amines) is 1. The molecule has 114 valence electrons. The molecule has 0 bridgehead atoms. The van der Waals surface area contributed by atoms with Crippen LogP contribution < -0.4 is 5.32 Å². The van der Waals surface area contributed by atoms with Gasteiger partial charge in [0.15, 0.2) is 0 Å². The van der Waals surface area contributed by atoms with E-state index in [1.165, 1.54) is 6.42 Å². The molecule has 1 fully saturated rings. The van der Waals surface area contributed by atoms with E-state index in [4.69, 9.17) is 0 Å². The van der Waals surface area contributed by atoms with E-state index >= 15 is 0 Å². The molecule has 1 aromatic rings. The Bertz CT molecular complexity index is 432. The summed E-state index contributed by atoms with van der Waals surface area (Å²) in [4.78, 5) is 18.3. The van der Waals surface area contributed by atoms with E-state index in [1.54, 1.807) is 12.4 Å². The number of pyridine rings is 1. The summed E-state index contributed by atoms with van der Waals surface area (Å²) in [6.45, 7) is 2.66. The third-order valence-electron chi connectivity index (χ3n) is 3.25. The number of rotatable bonds is 3. The minimum absolute atomic E-state index is 0. The van der Waals surface area contributed by atoms with Gasteiger partial charge in [-0.1, -0.05) is 0 Å². The summed E-state index contributed by atoms with van der Waals surface area (Å²) in [5, 5.41) is 3.19. The molecule has 2 heterocycles. The molecule has 1 atom stereocenters. The van der Waals surface area contributed by atoms with Crippen molar-refractivity contribution < 1.29 is 4.79 Å². The van der Waals surface area contributed by atoms with Gasteiger partial charge in [-0.15, -0.1) is 24.8 Å². The molecule has 0 spiro atoms. The third kappa shape index (κ3) is 5.20. The van der Waals surface area contributed by atoms with Gasteiger partial charge in [0, 0.05) is 30.0 Å². The second-order valence-corrected chi connectivity index (χ2v) is 5.62. The van der Waals surface area contributed by atoms with Gasteiger partial charge in [0.2, 0.25) is 0 Å². The van der Waals surface area contributed by atoms with Crippen molar-refractivity contribution in [1.82, 2.24) is 15.2 Å². The number of hydrogen-bond acceptors (Lipinski definition) is 3. The molecule has 0 aliphatic carbocycles. The number of nitrogens with one attached hydrogen (secondary N) is 1. The van der Waals surface area contributed by atoms with Crippen LogP contribution in [-0.4, -0.2) is 42.5 Å². The minimum atomic E-state index is 0. The molecule has 1 saturated heterocycles. The van der Waals surface area contributed by atoms with Crippen molar-refractivity contribution in [2.24, 2.45) is 5.92 Å². The summed E-state index contributed by atoms with van der Waals surface area (Å²) in [5.74, 6) is 0.650. The molecule has 0 aromatic carbocycles. The second-order valence-electron chi connectivity index (χ2n) is 4.71. The number of piperidine rings is 1. The van der Waals surface area contributed by atoms with Crippen molar-refractivity contribution in [2.75, 3.05) is 26.7 Å². The fourth-order valence-electron chi connectivity index (χ4n) is 2.42. The van der Waals surface area contributed by atoms with E-state index in [9.17, 15) is 4.79 Å². The Balaban J connectivity index is 0.00000180. The number of hydrogen-bond donors (Lipinski definition) is 1. The molecule has 1 amide bonds. The van der Waals surface area contributed by atoms with Crippen LogP contribution in [0.25, 0.3) is 0 Å². The van der Waals surface area contributed by atoms with Gasteiger partial charge in [0.25, 0.3) is 5.91 Å². The normalized spacial score (nSPS) is 17.9. The first-order chi connectivity index (χ1) is 8.70. The first-order valence-electron chi connectivity index (χ1n) is 6.25. The lowest BCUT2D eigenvalue weighted by atomic mass is 9.97. The first-order valence-corrected chi connectivity index (χ1v) is 7.04. The molecule has 4 nitrogen and oxygen atoms in total. The number of carbonyl (C=O) groups excluding carboxylic acids is 1. The van der Waals surface area contributed by atoms with Crippen LogP contribution in [0.2, 0.25) is 0 Å². The molecule has 0 saturated carbocycles. The summed E-state index contributed by atoms with van der Waals surface area (Å²) in [6, 6.07) is 1.83. The van der Waals surface area contributed by atoms with Gasteiger partial charge in [0.1, 0.15) is 0 Å². The summed E-state index contributed by atoms with van der Waals surface area (Å²) >= 11 is 3.35. The van der Waals surface area contributed by atoms with Crippen LogP contribution in [0, 0.1) is 5.92 Å². The van der Waals surface area contributed by atoms with Crippen LogP contribution in [0.1, 0.15) is 23.2 Å². The van der Waals surface area contributed by atoms with Crippen molar-refractivity contribution in [2.45, 2.75) is 12.8 Å². The molecule has 0 radical (unpaired) electrons. The fraction of sp³-hybridized carbons (Fsp3) is 0.538. The highest BCUT2D eigenvalue weighted by Crippen LogP contribution is 2.19. The topological polar surface area (TPSA) is 45.2 Å². The Hall–Kier alpha value is -0.360. The highest BCUT2D eigenvalue weighted by atomic mass is 79.9. The smallest absolute Gasteiger partial charge is 0.255 e. The molecule has 1 aliphatic heterocycles. The summed E-state index contributed by atoms with van der Waals surface area (Å²) in [7, 11) is 1.96. The number of nitrogens with zero attached hydrogens (tertiary/aromatic N) is 2. The molecule has 1 aliphatic rings. The predicted octanol–water partition coefficient (Wildman–Crippen LogP) is 2.76. The summed E-state index contributed by atoms with van der Waals surface area (Å²) in [6.07, 6.45) is 5.60. The fourth-order valence-corrected chi connectivity index (χ4v) is 2.78. The van der Waals surface area contributed by atoms with E-state index in [0.29, 0.717) is 11.5 Å². The van der Waals surface area contributed by atoms with Crippen molar-refractivity contribution in [3.8, 4) is 0 Å². The lowest BCUT2D eigenvalue weighted by Crippen LogP contribution is -2.42. The van der Waals surface area contributed by atoms with Crippen LogP contribution >= 0.6 is 40.7 Å². The Labute approximate surface area is 140 Å². The molecule has 1 aromatic heterocycles. The van der Waals surface area contributed by atoms with Crippen LogP contribution in [0.5, 0.6) is 0 Å². The van der Waals surface area contributed by atoms with Crippen LogP contribution in [0.4, 0.5) is 0 Å². The Morgan fingerprint density at radius 1 is 1.50 bits per heavy atom. The van der Waals surface area contributed by atoms with Gasteiger partial charge in [-0.2, -0.15) is 0 Å². The number of carbonyl (C=O) groups is 1. The Morgan fingerprint density at radius 3 is 2.90 bits per heavy atom. The molecule has 20 heavy (non-hydrogen) atoms. The quantitative estimate of drug-likeness (QED) is 0.871. The van der Waals surface area contributed by atoms with Crippen molar-refractivity contribution in [1.29, 1.82) is 0 Å². The van der Waals surface area contributed by atoms with E-state index in [-0.39, 0.29) is 30.7 Å². The van der Waals surface area contributed by atoms with Crippen LogP contribution in [-0.2, 0) is 0 Å². The standard InChI is InChI=1S/C13H18BrN3O.2ClH/c1-15-6-10-3-2-4-17(9-10)13(18)11-5-12(14)8-16-7-11;;/h5,7-8,10,15H,2-4,6,9H2,1H3;2*1H. The Morgan fingerprint density at radius 2 is 2.25 bits per heavy atom. The van der Waals surface area contributed by atoms with Gasteiger partial charge >= 0.3 is 0 Å². The minimum Gasteiger partial charge on any atom is -0.338 e. The highest BCUT2D eigenvalue weighted by Gasteiger charge is 2.24. The third-order valence-corrected chi connectivity index (χ3v) is 3.68. The highest BCUT2D eigenvalue weighted by molar-refractivity contribution is 9.10. The van der Waals surface area contributed by atoms with Gasteiger partial charge in [-0.05, 0) is 54.3 Å². The average molecular weight is 385 g/mol. The monoisotopic (exact) mass is 383 g/mol. The second kappa shape index (κ2) is 9.55. The molecular formula is C13H20BrCl2N3O. The number of amides is 1.